The first-order chi connectivity index (χ1) is 7.61. The first kappa shape index (κ1) is 12.4. The van der Waals surface area contributed by atoms with Gasteiger partial charge in [0.15, 0.2) is 0 Å². The molecule has 1 aliphatic rings. The maximum absolute atomic E-state index is 11.5. The van der Waals surface area contributed by atoms with Crippen LogP contribution in [0.1, 0.15) is 26.2 Å². The second kappa shape index (κ2) is 5.41. The lowest BCUT2D eigenvalue weighted by molar-refractivity contribution is -0.145. The fourth-order valence-electron chi connectivity index (χ4n) is 1.59. The second-order valence-electron chi connectivity index (χ2n) is 3.55. The summed E-state index contributed by atoms with van der Waals surface area (Å²) in [5.74, 6) is 3.59. The molecule has 3 amide bonds. The second-order valence-corrected chi connectivity index (χ2v) is 3.55. The summed E-state index contributed by atoms with van der Waals surface area (Å²) in [6.45, 7) is 1.96. The van der Waals surface area contributed by atoms with Gasteiger partial charge in [-0.05, 0) is 6.42 Å². The monoisotopic (exact) mass is 225 g/mol. The van der Waals surface area contributed by atoms with Crippen molar-refractivity contribution in [2.24, 2.45) is 5.84 Å². The summed E-state index contributed by atoms with van der Waals surface area (Å²) in [5.41, 5.74) is 1.98. The van der Waals surface area contributed by atoms with E-state index in [1.165, 1.54) is 0 Å². The van der Waals surface area contributed by atoms with Gasteiger partial charge in [-0.15, -0.1) is 0 Å². The molecule has 0 aromatic carbocycles. The van der Waals surface area contributed by atoms with Crippen LogP contribution in [-0.2, 0) is 14.4 Å². The highest BCUT2D eigenvalue weighted by atomic mass is 16.2. The molecule has 1 rings (SSSR count). The molecule has 1 aliphatic heterocycles. The molecule has 0 spiro atoms. The number of carbonyl (C=O) groups is 3. The van der Waals surface area contributed by atoms with Crippen LogP contribution < -0.4 is 11.3 Å². The lowest BCUT2D eigenvalue weighted by atomic mass is 10.1. The van der Waals surface area contributed by atoms with Crippen LogP contribution in [0.25, 0.3) is 0 Å². The molecule has 1 atom stereocenters. The third-order valence-corrected chi connectivity index (χ3v) is 2.43. The normalized spacial score (nSPS) is 16.8. The Morgan fingerprint density at radius 2 is 2.00 bits per heavy atom. The number of imide groups is 1. The molecule has 16 heavy (non-hydrogen) atoms. The predicted molar refractivity (Wildman–Crippen MR) is 56.6 cm³/mol. The van der Waals surface area contributed by atoms with Crippen molar-refractivity contribution < 1.29 is 14.4 Å². The molecule has 0 aliphatic carbocycles. The van der Waals surface area contributed by atoms with E-state index in [1.54, 1.807) is 0 Å². The van der Waals surface area contributed by atoms with E-state index in [1.807, 2.05) is 12.3 Å². The van der Waals surface area contributed by atoms with Crippen molar-refractivity contribution in [3.8, 4) is 0 Å². The highest BCUT2D eigenvalue weighted by molar-refractivity contribution is 6.15. The minimum Gasteiger partial charge on any atom is -0.292 e. The smallest absolute Gasteiger partial charge is 0.257 e. The zero-order chi connectivity index (χ0) is 12.1. The van der Waals surface area contributed by atoms with Gasteiger partial charge in [0.1, 0.15) is 6.04 Å². The van der Waals surface area contributed by atoms with Crippen molar-refractivity contribution in [1.82, 2.24) is 10.3 Å². The molecule has 0 saturated heterocycles. The van der Waals surface area contributed by atoms with Gasteiger partial charge < -0.3 is 0 Å². The number of hydrazine groups is 1. The molecular weight excluding hydrogens is 210 g/mol. The minimum absolute atomic E-state index is 0.429. The van der Waals surface area contributed by atoms with Crippen LogP contribution in [0.4, 0.5) is 0 Å². The van der Waals surface area contributed by atoms with Gasteiger partial charge in [-0.1, -0.05) is 19.8 Å². The van der Waals surface area contributed by atoms with E-state index in [0.29, 0.717) is 6.42 Å². The van der Waals surface area contributed by atoms with Gasteiger partial charge in [-0.3, -0.25) is 24.7 Å². The van der Waals surface area contributed by atoms with Gasteiger partial charge in [0.05, 0.1) is 0 Å². The number of hydrogen-bond acceptors (Lipinski definition) is 4. The fourth-order valence-corrected chi connectivity index (χ4v) is 1.59. The average molecular weight is 225 g/mol. The third-order valence-electron chi connectivity index (χ3n) is 2.43. The number of unbranched alkanes of at least 4 members (excludes halogenated alkanes) is 1. The van der Waals surface area contributed by atoms with Crippen LogP contribution in [0.15, 0.2) is 12.2 Å². The summed E-state index contributed by atoms with van der Waals surface area (Å²) in [6.07, 6.45) is 4.36. The molecule has 6 heteroatoms. The van der Waals surface area contributed by atoms with Gasteiger partial charge in [0, 0.05) is 12.2 Å². The van der Waals surface area contributed by atoms with Crippen LogP contribution in [0.3, 0.4) is 0 Å². The Labute approximate surface area is 93.4 Å². The van der Waals surface area contributed by atoms with E-state index in [4.69, 9.17) is 5.84 Å². The minimum atomic E-state index is -0.806. The van der Waals surface area contributed by atoms with Gasteiger partial charge >= 0.3 is 0 Å². The molecule has 0 saturated carbocycles. The van der Waals surface area contributed by atoms with E-state index >= 15 is 0 Å². The van der Waals surface area contributed by atoms with Gasteiger partial charge in [-0.25, -0.2) is 5.84 Å². The third kappa shape index (κ3) is 2.46. The number of nitrogens with two attached hydrogens (primary N) is 1. The standard InChI is InChI=1S/C10H15N3O3/c1-2-3-4-7(10(16)12-11)13-8(14)5-6-9(13)15/h5-7H,2-4,11H2,1H3,(H,12,16). The topological polar surface area (TPSA) is 92.5 Å². The number of rotatable bonds is 5. The zero-order valence-corrected chi connectivity index (χ0v) is 9.10. The lowest BCUT2D eigenvalue weighted by Gasteiger charge is -2.24. The SMILES string of the molecule is CCCCC(C(=O)NN)N1C(=O)C=CC1=O. The van der Waals surface area contributed by atoms with Crippen molar-refractivity contribution >= 4 is 17.7 Å². The molecule has 0 bridgehead atoms. The molecule has 0 fully saturated rings. The quantitative estimate of drug-likeness (QED) is 0.284. The molecule has 3 N–H and O–H groups in total. The molecule has 0 aromatic heterocycles. The Morgan fingerprint density at radius 1 is 1.44 bits per heavy atom. The van der Waals surface area contributed by atoms with Gasteiger partial charge in [-0.2, -0.15) is 0 Å². The summed E-state index contributed by atoms with van der Waals surface area (Å²) in [5, 5.41) is 0. The molecule has 1 unspecified atom stereocenters. The number of hydrogen-bond donors (Lipinski definition) is 2. The largest absolute Gasteiger partial charge is 0.292 e. The van der Waals surface area contributed by atoms with Crippen LogP contribution >= 0.6 is 0 Å². The Morgan fingerprint density at radius 3 is 2.44 bits per heavy atom. The maximum atomic E-state index is 11.5. The van der Waals surface area contributed by atoms with E-state index in [-0.39, 0.29) is 0 Å². The lowest BCUT2D eigenvalue weighted by Crippen LogP contribution is -2.51. The van der Waals surface area contributed by atoms with E-state index < -0.39 is 23.8 Å². The average Bonchev–Trinajstić information content (AvgIpc) is 2.60. The first-order valence-corrected chi connectivity index (χ1v) is 5.17. The molecule has 1 heterocycles. The van der Waals surface area contributed by atoms with Crippen LogP contribution in [0, 0.1) is 0 Å². The van der Waals surface area contributed by atoms with Crippen molar-refractivity contribution in [3.63, 3.8) is 0 Å². The Kier molecular flexibility index (Phi) is 4.19. The van der Waals surface area contributed by atoms with Crippen molar-refractivity contribution in [3.05, 3.63) is 12.2 Å². The Hall–Kier alpha value is -1.69. The van der Waals surface area contributed by atoms with Crippen LogP contribution in [0.5, 0.6) is 0 Å². The predicted octanol–water partition coefficient (Wildman–Crippen LogP) is -0.540. The van der Waals surface area contributed by atoms with Gasteiger partial charge in [0.25, 0.3) is 17.7 Å². The van der Waals surface area contributed by atoms with Crippen molar-refractivity contribution in [2.45, 2.75) is 32.2 Å². The molecule has 0 aromatic rings. The molecule has 88 valence electrons. The van der Waals surface area contributed by atoms with E-state index in [2.05, 4.69) is 0 Å². The Bertz CT molecular complexity index is 320. The van der Waals surface area contributed by atoms with Crippen molar-refractivity contribution in [1.29, 1.82) is 0 Å². The van der Waals surface area contributed by atoms with Crippen LogP contribution in [0.2, 0.25) is 0 Å². The van der Waals surface area contributed by atoms with Gasteiger partial charge in [0.2, 0.25) is 0 Å². The zero-order valence-electron chi connectivity index (χ0n) is 9.10. The number of nitrogens with zero attached hydrogens (tertiary/aromatic N) is 1. The maximum Gasteiger partial charge on any atom is 0.257 e. The summed E-state index contributed by atoms with van der Waals surface area (Å²) < 4.78 is 0. The van der Waals surface area contributed by atoms with E-state index in [9.17, 15) is 14.4 Å². The first-order valence-electron chi connectivity index (χ1n) is 5.17. The molecular formula is C10H15N3O3. The highest BCUT2D eigenvalue weighted by Crippen LogP contribution is 2.14. The molecule has 6 nitrogen and oxygen atoms in total. The van der Waals surface area contributed by atoms with Crippen LogP contribution in [-0.4, -0.2) is 28.7 Å². The molecule has 0 radical (unpaired) electrons. The summed E-state index contributed by atoms with van der Waals surface area (Å²) in [6, 6.07) is -0.806. The summed E-state index contributed by atoms with van der Waals surface area (Å²) >= 11 is 0. The summed E-state index contributed by atoms with van der Waals surface area (Å²) in [4.78, 5) is 35.2. The fraction of sp³-hybridized carbons (Fsp3) is 0.500. The highest BCUT2D eigenvalue weighted by Gasteiger charge is 2.34. The summed E-state index contributed by atoms with van der Waals surface area (Å²) in [7, 11) is 0. The number of amides is 3. The van der Waals surface area contributed by atoms with Crippen molar-refractivity contribution in [2.75, 3.05) is 0 Å². The number of carbonyl (C=O) groups excluding carboxylic acids is 3. The number of nitrogens with one attached hydrogen (secondary N) is 1. The van der Waals surface area contributed by atoms with E-state index in [0.717, 1.165) is 29.9 Å². The Balaban J connectivity index is 2.79.